The van der Waals surface area contributed by atoms with E-state index in [9.17, 15) is 4.79 Å². The SMILES string of the molecule is CC(C)(C)O[C@H]1CC[C@H](C(=O)N2Cc3cccnc3Nc3ccc(N4C[C@@H]5CC[C@H]4CO5)cc32)OC1. The Balaban J connectivity index is 1.29. The Labute approximate surface area is 212 Å². The number of anilines is 4. The van der Waals surface area contributed by atoms with Gasteiger partial charge in [0.1, 0.15) is 11.9 Å². The number of pyridine rings is 1. The molecule has 0 spiro atoms. The Morgan fingerprint density at radius 2 is 2.00 bits per heavy atom. The fraction of sp³-hybridized carbons (Fsp3) is 0.571. The molecule has 192 valence electrons. The Morgan fingerprint density at radius 3 is 2.69 bits per heavy atom. The number of carbonyl (C=O) groups excluding carboxylic acids is 1. The van der Waals surface area contributed by atoms with E-state index in [2.05, 4.69) is 54.2 Å². The summed E-state index contributed by atoms with van der Waals surface area (Å²) in [5.41, 5.74) is 3.64. The number of aromatic nitrogens is 1. The van der Waals surface area contributed by atoms with Gasteiger partial charge >= 0.3 is 0 Å². The van der Waals surface area contributed by atoms with E-state index in [-0.39, 0.29) is 23.7 Å². The van der Waals surface area contributed by atoms with Gasteiger partial charge in [0.2, 0.25) is 0 Å². The number of morpholine rings is 1. The maximum absolute atomic E-state index is 14.0. The summed E-state index contributed by atoms with van der Waals surface area (Å²) in [4.78, 5) is 22.8. The zero-order valence-electron chi connectivity index (χ0n) is 21.4. The molecular formula is C28H36N4O4. The molecule has 2 aromatic rings. The molecule has 5 aliphatic heterocycles. The predicted octanol–water partition coefficient (Wildman–Crippen LogP) is 4.40. The van der Waals surface area contributed by atoms with Crippen LogP contribution in [0.2, 0.25) is 0 Å². The molecule has 0 unspecified atom stereocenters. The summed E-state index contributed by atoms with van der Waals surface area (Å²) in [6, 6.07) is 10.7. The highest BCUT2D eigenvalue weighted by atomic mass is 16.6. The van der Waals surface area contributed by atoms with Crippen LogP contribution < -0.4 is 15.1 Å². The van der Waals surface area contributed by atoms with Crippen LogP contribution in [0, 0.1) is 0 Å². The summed E-state index contributed by atoms with van der Waals surface area (Å²) >= 11 is 0. The van der Waals surface area contributed by atoms with Gasteiger partial charge in [-0.05, 0) is 70.7 Å². The van der Waals surface area contributed by atoms with Crippen molar-refractivity contribution in [2.24, 2.45) is 0 Å². The maximum Gasteiger partial charge on any atom is 0.256 e. The molecule has 5 aliphatic rings. The Morgan fingerprint density at radius 1 is 1.11 bits per heavy atom. The lowest BCUT2D eigenvalue weighted by atomic mass is 9.96. The van der Waals surface area contributed by atoms with Crippen LogP contribution in [0.15, 0.2) is 36.5 Å². The molecule has 7 rings (SSSR count). The van der Waals surface area contributed by atoms with Crippen molar-refractivity contribution in [2.45, 2.75) is 83.0 Å². The number of fused-ring (bicyclic) bond motifs is 5. The van der Waals surface area contributed by atoms with Crippen LogP contribution in [0.3, 0.4) is 0 Å². The summed E-state index contributed by atoms with van der Waals surface area (Å²) in [5, 5.41) is 3.48. The Kier molecular flexibility index (Phi) is 6.14. The summed E-state index contributed by atoms with van der Waals surface area (Å²) < 4.78 is 18.1. The van der Waals surface area contributed by atoms with Crippen LogP contribution in [0.1, 0.15) is 52.0 Å². The molecule has 0 aliphatic carbocycles. The number of rotatable bonds is 3. The van der Waals surface area contributed by atoms with E-state index >= 15 is 0 Å². The molecule has 8 nitrogen and oxygen atoms in total. The van der Waals surface area contributed by atoms with Crippen molar-refractivity contribution < 1.29 is 19.0 Å². The zero-order valence-corrected chi connectivity index (χ0v) is 21.4. The number of benzene rings is 1. The molecule has 0 radical (unpaired) electrons. The standard InChI is InChI=1S/C28H36N4O4/c1-28(2,3)36-22-9-11-25(35-17-22)27(33)32-14-18-5-4-12-29-26(18)30-23-10-7-19(13-24(23)32)31-15-21-8-6-20(31)16-34-21/h4-5,7,10,12-13,20-22,25H,6,8-9,11,14-17H2,1-3H3,(H,29,30)/t20-,21-,22-,25+/m0/s1. The minimum atomic E-state index is -0.487. The van der Waals surface area contributed by atoms with Crippen molar-refractivity contribution in [1.82, 2.24) is 4.98 Å². The molecule has 1 N–H and O–H groups in total. The van der Waals surface area contributed by atoms with Crippen LogP contribution in [0.25, 0.3) is 0 Å². The summed E-state index contributed by atoms with van der Waals surface area (Å²) in [7, 11) is 0. The molecule has 2 bridgehead atoms. The first-order valence-electron chi connectivity index (χ1n) is 13.2. The van der Waals surface area contributed by atoms with Crippen LogP contribution in [-0.2, 0) is 25.5 Å². The molecule has 1 aromatic carbocycles. The summed E-state index contributed by atoms with van der Waals surface area (Å²) in [6.45, 7) is 8.70. The van der Waals surface area contributed by atoms with Crippen molar-refractivity contribution in [3.8, 4) is 0 Å². The van der Waals surface area contributed by atoms with Crippen LogP contribution in [0.5, 0.6) is 0 Å². The number of piperidine rings is 1. The summed E-state index contributed by atoms with van der Waals surface area (Å²) in [6.07, 6.45) is 5.31. The van der Waals surface area contributed by atoms with E-state index in [0.717, 1.165) is 60.9 Å². The fourth-order valence-corrected chi connectivity index (χ4v) is 5.84. The van der Waals surface area contributed by atoms with E-state index in [1.54, 1.807) is 6.20 Å². The van der Waals surface area contributed by atoms with Gasteiger partial charge in [0, 0.05) is 24.0 Å². The lowest BCUT2D eigenvalue weighted by Gasteiger charge is -2.46. The minimum absolute atomic E-state index is 0.00962. The van der Waals surface area contributed by atoms with Crippen LogP contribution >= 0.6 is 0 Å². The highest BCUT2D eigenvalue weighted by Gasteiger charge is 2.37. The topological polar surface area (TPSA) is 76.2 Å². The second kappa shape index (κ2) is 9.32. The maximum atomic E-state index is 14.0. The molecule has 0 saturated carbocycles. The molecule has 4 atom stereocenters. The van der Waals surface area contributed by atoms with E-state index < -0.39 is 6.10 Å². The molecule has 6 heterocycles. The van der Waals surface area contributed by atoms with Gasteiger partial charge in [-0.2, -0.15) is 0 Å². The molecular weight excluding hydrogens is 456 g/mol. The quantitative estimate of drug-likeness (QED) is 0.681. The molecule has 4 fully saturated rings. The van der Waals surface area contributed by atoms with Gasteiger partial charge in [-0.15, -0.1) is 0 Å². The largest absolute Gasteiger partial charge is 0.374 e. The smallest absolute Gasteiger partial charge is 0.256 e. The van der Waals surface area contributed by atoms with Gasteiger partial charge in [0.25, 0.3) is 5.91 Å². The predicted molar refractivity (Wildman–Crippen MR) is 139 cm³/mol. The number of amides is 1. The van der Waals surface area contributed by atoms with Gasteiger partial charge in [0.15, 0.2) is 0 Å². The third-order valence-electron chi connectivity index (χ3n) is 7.56. The van der Waals surface area contributed by atoms with Gasteiger partial charge < -0.3 is 29.3 Å². The highest BCUT2D eigenvalue weighted by molar-refractivity contribution is 6.01. The third kappa shape index (κ3) is 4.69. The van der Waals surface area contributed by atoms with E-state index in [1.807, 2.05) is 17.0 Å². The number of hydrogen-bond acceptors (Lipinski definition) is 7. The van der Waals surface area contributed by atoms with E-state index in [0.29, 0.717) is 25.6 Å². The van der Waals surface area contributed by atoms with Crippen LogP contribution in [0.4, 0.5) is 22.9 Å². The molecule has 1 aromatic heterocycles. The lowest BCUT2D eigenvalue weighted by Crippen LogP contribution is -2.54. The number of carbonyl (C=O) groups is 1. The first-order valence-corrected chi connectivity index (χ1v) is 13.2. The van der Waals surface area contributed by atoms with Crippen molar-refractivity contribution in [2.75, 3.05) is 34.9 Å². The van der Waals surface area contributed by atoms with E-state index in [1.165, 1.54) is 0 Å². The van der Waals surface area contributed by atoms with Gasteiger partial charge in [-0.3, -0.25) is 4.79 Å². The normalized spacial score (nSPS) is 27.6. The fourth-order valence-electron chi connectivity index (χ4n) is 5.84. The minimum Gasteiger partial charge on any atom is -0.374 e. The molecule has 1 amide bonds. The number of hydrogen-bond donors (Lipinski definition) is 1. The molecule has 4 saturated heterocycles. The number of nitrogens with one attached hydrogen (secondary N) is 1. The lowest BCUT2D eigenvalue weighted by molar-refractivity contribution is -0.152. The monoisotopic (exact) mass is 492 g/mol. The van der Waals surface area contributed by atoms with E-state index in [4.69, 9.17) is 14.2 Å². The number of ether oxygens (including phenoxy) is 3. The zero-order chi connectivity index (χ0) is 24.9. The Hall–Kier alpha value is -2.68. The first-order chi connectivity index (χ1) is 17.3. The number of nitrogens with zero attached hydrogens (tertiary/aromatic N) is 3. The average molecular weight is 493 g/mol. The second-order valence-electron chi connectivity index (χ2n) is 11.4. The first kappa shape index (κ1) is 23.7. The van der Waals surface area contributed by atoms with Gasteiger partial charge in [-0.1, -0.05) is 6.07 Å². The summed E-state index contributed by atoms with van der Waals surface area (Å²) in [5.74, 6) is 0.778. The molecule has 36 heavy (non-hydrogen) atoms. The second-order valence-corrected chi connectivity index (χ2v) is 11.4. The van der Waals surface area contributed by atoms with Crippen LogP contribution in [-0.4, -0.2) is 60.6 Å². The molecule has 8 heteroatoms. The Bertz CT molecular complexity index is 1120. The van der Waals surface area contributed by atoms with Crippen molar-refractivity contribution in [3.63, 3.8) is 0 Å². The van der Waals surface area contributed by atoms with Gasteiger partial charge in [0.05, 0.1) is 55.0 Å². The average Bonchev–Trinajstić information content (AvgIpc) is 3.05. The van der Waals surface area contributed by atoms with Crippen molar-refractivity contribution in [3.05, 3.63) is 42.1 Å². The van der Waals surface area contributed by atoms with Crippen molar-refractivity contribution in [1.29, 1.82) is 0 Å². The highest BCUT2D eigenvalue weighted by Crippen LogP contribution is 2.40. The third-order valence-corrected chi connectivity index (χ3v) is 7.56. The van der Waals surface area contributed by atoms with Gasteiger partial charge in [-0.25, -0.2) is 4.98 Å². The van der Waals surface area contributed by atoms with Crippen molar-refractivity contribution >= 4 is 28.8 Å².